The number of nitrogens with zero attached hydrogens (tertiary/aromatic N) is 2. The van der Waals surface area contributed by atoms with E-state index in [1.807, 2.05) is 16.7 Å². The summed E-state index contributed by atoms with van der Waals surface area (Å²) in [4.78, 5) is 18.7. The molecule has 2 aliphatic rings. The predicted molar refractivity (Wildman–Crippen MR) is 89.8 cm³/mol. The summed E-state index contributed by atoms with van der Waals surface area (Å²) in [5.41, 5.74) is 0. The maximum absolute atomic E-state index is 12.4. The van der Waals surface area contributed by atoms with E-state index >= 15 is 0 Å². The van der Waals surface area contributed by atoms with Gasteiger partial charge in [0.15, 0.2) is 5.96 Å². The average molecular weight is 312 g/mol. The van der Waals surface area contributed by atoms with E-state index in [1.54, 1.807) is 7.05 Å². The zero-order valence-corrected chi connectivity index (χ0v) is 14.0. The Bertz CT molecular complexity index is 369. The first kappa shape index (κ1) is 16.5. The Labute approximate surface area is 132 Å². The summed E-state index contributed by atoms with van der Waals surface area (Å²) >= 11 is 1.82. The molecule has 2 fully saturated rings. The van der Waals surface area contributed by atoms with Gasteiger partial charge >= 0.3 is 0 Å². The molecule has 0 aromatic carbocycles. The number of aliphatic imine (C=N–C) groups is 1. The molecule has 0 spiro atoms. The second-order valence-corrected chi connectivity index (χ2v) is 6.87. The molecule has 0 aromatic heterocycles. The quantitative estimate of drug-likeness (QED) is 0.456. The van der Waals surface area contributed by atoms with Crippen molar-refractivity contribution in [2.75, 3.05) is 38.7 Å². The molecular formula is C15H28N4OS. The lowest BCUT2D eigenvalue weighted by molar-refractivity contribution is -0.134. The number of amides is 1. The van der Waals surface area contributed by atoms with Crippen molar-refractivity contribution < 1.29 is 4.79 Å². The van der Waals surface area contributed by atoms with Crippen molar-refractivity contribution in [2.45, 2.75) is 38.1 Å². The van der Waals surface area contributed by atoms with Gasteiger partial charge in [0.2, 0.25) is 5.91 Å². The summed E-state index contributed by atoms with van der Waals surface area (Å²) in [6.07, 6.45) is 7.73. The number of rotatable bonds is 5. The Morgan fingerprint density at radius 3 is 2.76 bits per heavy atom. The fourth-order valence-corrected chi connectivity index (χ4v) is 3.47. The Hall–Kier alpha value is -0.910. The average Bonchev–Trinajstić information content (AvgIpc) is 3.17. The molecule has 1 unspecified atom stereocenters. The van der Waals surface area contributed by atoms with Gasteiger partial charge in [-0.2, -0.15) is 11.8 Å². The van der Waals surface area contributed by atoms with Gasteiger partial charge < -0.3 is 15.5 Å². The van der Waals surface area contributed by atoms with Gasteiger partial charge in [-0.3, -0.25) is 9.79 Å². The Morgan fingerprint density at radius 1 is 1.33 bits per heavy atom. The molecule has 120 valence electrons. The molecular weight excluding hydrogens is 284 g/mol. The third-order valence-electron chi connectivity index (χ3n) is 4.37. The molecule has 21 heavy (non-hydrogen) atoms. The van der Waals surface area contributed by atoms with E-state index in [4.69, 9.17) is 0 Å². The number of likely N-dealkylation sites (tertiary alicyclic amines) is 1. The molecule has 1 saturated heterocycles. The largest absolute Gasteiger partial charge is 0.356 e. The van der Waals surface area contributed by atoms with E-state index in [2.05, 4.69) is 21.9 Å². The highest BCUT2D eigenvalue weighted by Crippen LogP contribution is 2.27. The fourth-order valence-electron chi connectivity index (χ4n) is 3.17. The SMILES string of the molecule is CN=C(NCCSC)NC1CCN(C(=O)C2CCCC2)C1. The van der Waals surface area contributed by atoms with Crippen LogP contribution in [0.1, 0.15) is 32.1 Å². The second kappa shape index (κ2) is 8.51. The summed E-state index contributed by atoms with van der Waals surface area (Å²) in [5.74, 6) is 2.59. The van der Waals surface area contributed by atoms with Crippen LogP contribution in [0.25, 0.3) is 0 Å². The van der Waals surface area contributed by atoms with Gasteiger partial charge in [-0.1, -0.05) is 12.8 Å². The van der Waals surface area contributed by atoms with Gasteiger partial charge in [0.25, 0.3) is 0 Å². The van der Waals surface area contributed by atoms with E-state index in [1.165, 1.54) is 12.8 Å². The Morgan fingerprint density at radius 2 is 2.10 bits per heavy atom. The number of carbonyl (C=O) groups excluding carboxylic acids is 1. The predicted octanol–water partition coefficient (Wildman–Crippen LogP) is 1.31. The highest BCUT2D eigenvalue weighted by molar-refractivity contribution is 7.98. The van der Waals surface area contributed by atoms with E-state index < -0.39 is 0 Å². The zero-order valence-electron chi connectivity index (χ0n) is 13.2. The number of hydrogen-bond donors (Lipinski definition) is 2. The summed E-state index contributed by atoms with van der Waals surface area (Å²) in [5, 5.41) is 6.75. The normalized spacial score (nSPS) is 23.6. The molecule has 5 nitrogen and oxygen atoms in total. The third kappa shape index (κ3) is 4.80. The van der Waals surface area contributed by atoms with Crippen LogP contribution >= 0.6 is 11.8 Å². The summed E-state index contributed by atoms with van der Waals surface area (Å²) < 4.78 is 0. The van der Waals surface area contributed by atoms with Crippen LogP contribution in [0.5, 0.6) is 0 Å². The van der Waals surface area contributed by atoms with Gasteiger partial charge in [-0.05, 0) is 25.5 Å². The van der Waals surface area contributed by atoms with Crippen LogP contribution < -0.4 is 10.6 Å². The van der Waals surface area contributed by atoms with E-state index in [-0.39, 0.29) is 0 Å². The number of guanidine groups is 1. The minimum atomic E-state index is 0.294. The van der Waals surface area contributed by atoms with Crippen molar-refractivity contribution in [2.24, 2.45) is 10.9 Å². The van der Waals surface area contributed by atoms with Crippen LogP contribution in [0.4, 0.5) is 0 Å². The Balaban J connectivity index is 1.74. The topological polar surface area (TPSA) is 56.7 Å². The summed E-state index contributed by atoms with van der Waals surface area (Å²) in [6.45, 7) is 2.62. The fraction of sp³-hybridized carbons (Fsp3) is 0.867. The van der Waals surface area contributed by atoms with Crippen molar-refractivity contribution >= 4 is 23.6 Å². The first-order valence-electron chi connectivity index (χ1n) is 7.99. The maximum Gasteiger partial charge on any atom is 0.225 e. The van der Waals surface area contributed by atoms with Crippen molar-refractivity contribution in [3.63, 3.8) is 0 Å². The molecule has 0 radical (unpaired) electrons. The molecule has 1 atom stereocenters. The van der Waals surface area contributed by atoms with E-state index in [0.717, 1.165) is 50.6 Å². The van der Waals surface area contributed by atoms with E-state index in [9.17, 15) is 4.79 Å². The van der Waals surface area contributed by atoms with Crippen molar-refractivity contribution in [3.8, 4) is 0 Å². The first-order valence-corrected chi connectivity index (χ1v) is 9.39. The lowest BCUT2D eigenvalue weighted by atomic mass is 10.1. The smallest absolute Gasteiger partial charge is 0.225 e. The molecule has 1 saturated carbocycles. The summed E-state index contributed by atoms with van der Waals surface area (Å²) in [6, 6.07) is 0.329. The lowest BCUT2D eigenvalue weighted by Gasteiger charge is -2.21. The molecule has 1 aliphatic heterocycles. The molecule has 2 rings (SSSR count). The van der Waals surface area contributed by atoms with Crippen molar-refractivity contribution in [1.82, 2.24) is 15.5 Å². The molecule has 1 heterocycles. The molecule has 0 bridgehead atoms. The Kier molecular flexibility index (Phi) is 6.67. The van der Waals surface area contributed by atoms with Crippen LogP contribution in [-0.2, 0) is 4.79 Å². The van der Waals surface area contributed by atoms with E-state index in [0.29, 0.717) is 17.9 Å². The van der Waals surface area contributed by atoms with Gasteiger partial charge in [0.05, 0.1) is 0 Å². The number of carbonyl (C=O) groups is 1. The second-order valence-electron chi connectivity index (χ2n) is 5.89. The number of hydrogen-bond acceptors (Lipinski definition) is 3. The third-order valence-corrected chi connectivity index (χ3v) is 4.98. The minimum absolute atomic E-state index is 0.294. The zero-order chi connectivity index (χ0) is 15.1. The monoisotopic (exact) mass is 312 g/mol. The highest BCUT2D eigenvalue weighted by atomic mass is 32.2. The van der Waals surface area contributed by atoms with Gasteiger partial charge in [0.1, 0.15) is 0 Å². The van der Waals surface area contributed by atoms with Gasteiger partial charge in [-0.15, -0.1) is 0 Å². The van der Waals surface area contributed by atoms with Crippen LogP contribution in [0.3, 0.4) is 0 Å². The highest BCUT2D eigenvalue weighted by Gasteiger charge is 2.32. The van der Waals surface area contributed by atoms with Crippen molar-refractivity contribution in [1.29, 1.82) is 0 Å². The molecule has 0 aromatic rings. The number of thioether (sulfide) groups is 1. The van der Waals surface area contributed by atoms with Gasteiger partial charge in [0, 0.05) is 44.4 Å². The number of nitrogens with one attached hydrogen (secondary N) is 2. The van der Waals surface area contributed by atoms with Crippen molar-refractivity contribution in [3.05, 3.63) is 0 Å². The first-order chi connectivity index (χ1) is 10.2. The minimum Gasteiger partial charge on any atom is -0.356 e. The molecule has 1 aliphatic carbocycles. The molecule has 2 N–H and O–H groups in total. The molecule has 6 heteroatoms. The standard InChI is InChI=1S/C15H28N4OS/c1-16-15(17-8-10-21-2)18-13-7-9-19(11-13)14(20)12-5-3-4-6-12/h12-13H,3-11H2,1-2H3,(H2,16,17,18). The van der Waals surface area contributed by atoms with Crippen LogP contribution in [0.2, 0.25) is 0 Å². The lowest BCUT2D eigenvalue weighted by Crippen LogP contribution is -2.45. The van der Waals surface area contributed by atoms with Crippen LogP contribution in [0.15, 0.2) is 4.99 Å². The van der Waals surface area contributed by atoms with Crippen LogP contribution in [-0.4, -0.2) is 61.5 Å². The maximum atomic E-state index is 12.4. The summed E-state index contributed by atoms with van der Waals surface area (Å²) in [7, 11) is 1.80. The van der Waals surface area contributed by atoms with Crippen LogP contribution in [0, 0.1) is 5.92 Å². The molecule has 1 amide bonds. The van der Waals surface area contributed by atoms with Gasteiger partial charge in [-0.25, -0.2) is 0 Å².